The van der Waals surface area contributed by atoms with Crippen molar-refractivity contribution in [2.24, 2.45) is 16.6 Å². The zero-order valence-electron chi connectivity index (χ0n) is 12.4. The van der Waals surface area contributed by atoms with E-state index in [0.717, 1.165) is 13.0 Å². The fraction of sp³-hybridized carbons (Fsp3) is 0.929. The van der Waals surface area contributed by atoms with Crippen LogP contribution in [-0.2, 0) is 9.53 Å². The molecule has 1 rings (SSSR count). The molecule has 0 aromatic carbocycles. The summed E-state index contributed by atoms with van der Waals surface area (Å²) in [7, 11) is 0. The highest BCUT2D eigenvalue weighted by Crippen LogP contribution is 2.52. The van der Waals surface area contributed by atoms with Gasteiger partial charge in [0.2, 0.25) is 5.91 Å². The molecule has 18 heavy (non-hydrogen) atoms. The average Bonchev–Trinajstić information content (AvgIpc) is 2.30. The topological polar surface area (TPSA) is 64.3 Å². The molecule has 0 unspecified atom stereocenters. The molecule has 0 aliphatic heterocycles. The number of rotatable bonds is 6. The summed E-state index contributed by atoms with van der Waals surface area (Å²) in [4.78, 5) is 11.9. The zero-order valence-corrected chi connectivity index (χ0v) is 12.4. The molecule has 1 amide bonds. The average molecular weight is 256 g/mol. The highest BCUT2D eigenvalue weighted by molar-refractivity contribution is 5.76. The van der Waals surface area contributed by atoms with E-state index in [1.165, 1.54) is 0 Å². The SMILES string of the molecule is CCCOCCC(=O)NC1C(C)(C)C(N)C1(C)C. The van der Waals surface area contributed by atoms with Gasteiger partial charge in [0.15, 0.2) is 0 Å². The standard InChI is InChI=1S/C14H28N2O2/c1-6-8-18-9-7-10(17)16-12-13(2,3)11(15)14(12,4)5/h11-12H,6-9,15H2,1-5H3,(H,16,17). The predicted molar refractivity (Wildman–Crippen MR) is 73.2 cm³/mol. The van der Waals surface area contributed by atoms with Crippen LogP contribution in [0, 0.1) is 10.8 Å². The Bertz CT molecular complexity index is 284. The normalized spacial score (nSPS) is 28.6. The third-order valence-corrected chi connectivity index (χ3v) is 4.22. The number of carbonyl (C=O) groups excluding carboxylic acids is 1. The van der Waals surface area contributed by atoms with E-state index in [0.29, 0.717) is 13.0 Å². The molecule has 3 N–H and O–H groups in total. The van der Waals surface area contributed by atoms with Crippen LogP contribution >= 0.6 is 0 Å². The van der Waals surface area contributed by atoms with Crippen LogP contribution in [0.25, 0.3) is 0 Å². The van der Waals surface area contributed by atoms with Crippen LogP contribution in [0.5, 0.6) is 0 Å². The first-order valence-corrected chi connectivity index (χ1v) is 6.87. The molecule has 106 valence electrons. The maximum atomic E-state index is 11.9. The van der Waals surface area contributed by atoms with Gasteiger partial charge < -0.3 is 15.8 Å². The van der Waals surface area contributed by atoms with E-state index in [9.17, 15) is 4.79 Å². The summed E-state index contributed by atoms with van der Waals surface area (Å²) in [5.74, 6) is 0.0594. The lowest BCUT2D eigenvalue weighted by Crippen LogP contribution is -2.76. The van der Waals surface area contributed by atoms with Crippen LogP contribution in [0.4, 0.5) is 0 Å². The fourth-order valence-corrected chi connectivity index (χ4v) is 3.20. The summed E-state index contributed by atoms with van der Waals surface area (Å²) in [5.41, 5.74) is 6.09. The molecule has 1 aliphatic rings. The molecule has 0 saturated heterocycles. The van der Waals surface area contributed by atoms with Crippen molar-refractivity contribution >= 4 is 5.91 Å². The molecule has 1 fully saturated rings. The number of nitrogens with two attached hydrogens (primary N) is 1. The highest BCUT2D eigenvalue weighted by atomic mass is 16.5. The molecular weight excluding hydrogens is 228 g/mol. The summed E-state index contributed by atoms with van der Waals surface area (Å²) in [6.45, 7) is 11.7. The minimum Gasteiger partial charge on any atom is -0.381 e. The Balaban J connectivity index is 2.40. The van der Waals surface area contributed by atoms with Crippen molar-refractivity contribution in [2.45, 2.75) is 59.5 Å². The number of ether oxygens (including phenoxy) is 1. The van der Waals surface area contributed by atoms with E-state index in [4.69, 9.17) is 10.5 Å². The number of carbonyl (C=O) groups is 1. The Morgan fingerprint density at radius 1 is 1.22 bits per heavy atom. The molecule has 0 aromatic heterocycles. The molecule has 4 heteroatoms. The maximum Gasteiger partial charge on any atom is 0.222 e. The Morgan fingerprint density at radius 3 is 2.28 bits per heavy atom. The predicted octanol–water partition coefficient (Wildman–Crippen LogP) is 1.68. The quantitative estimate of drug-likeness (QED) is 0.711. The minimum atomic E-state index is -0.0383. The van der Waals surface area contributed by atoms with Crippen molar-refractivity contribution < 1.29 is 9.53 Å². The smallest absolute Gasteiger partial charge is 0.222 e. The summed E-state index contributed by atoms with van der Waals surface area (Å²) >= 11 is 0. The Hall–Kier alpha value is -0.610. The van der Waals surface area contributed by atoms with Gasteiger partial charge in [0, 0.05) is 35.9 Å². The van der Waals surface area contributed by atoms with Crippen molar-refractivity contribution in [1.82, 2.24) is 5.32 Å². The summed E-state index contributed by atoms with van der Waals surface area (Å²) < 4.78 is 5.33. The first-order valence-electron chi connectivity index (χ1n) is 6.87. The first kappa shape index (κ1) is 15.4. The van der Waals surface area contributed by atoms with Crippen LogP contribution in [0.3, 0.4) is 0 Å². The lowest BCUT2D eigenvalue weighted by Gasteiger charge is -2.62. The van der Waals surface area contributed by atoms with Gasteiger partial charge >= 0.3 is 0 Å². The largest absolute Gasteiger partial charge is 0.381 e. The maximum absolute atomic E-state index is 11.9. The van der Waals surface area contributed by atoms with E-state index in [1.807, 2.05) is 0 Å². The second-order valence-electron chi connectivity index (χ2n) is 6.48. The first-order chi connectivity index (χ1) is 8.24. The summed E-state index contributed by atoms with van der Waals surface area (Å²) in [6, 6.07) is 0.255. The Morgan fingerprint density at radius 2 is 1.78 bits per heavy atom. The zero-order chi connectivity index (χ0) is 14.0. The fourth-order valence-electron chi connectivity index (χ4n) is 3.20. The van der Waals surface area contributed by atoms with E-state index in [1.54, 1.807) is 0 Å². The molecule has 0 aromatic rings. The van der Waals surface area contributed by atoms with Crippen LogP contribution < -0.4 is 11.1 Å². The number of nitrogens with one attached hydrogen (secondary N) is 1. The van der Waals surface area contributed by atoms with Crippen LogP contribution in [0.2, 0.25) is 0 Å². The van der Waals surface area contributed by atoms with E-state index in [-0.39, 0.29) is 28.8 Å². The van der Waals surface area contributed by atoms with Crippen LogP contribution in [-0.4, -0.2) is 31.2 Å². The van der Waals surface area contributed by atoms with Crippen molar-refractivity contribution in [1.29, 1.82) is 0 Å². The Kier molecular flexibility index (Phi) is 4.78. The van der Waals surface area contributed by atoms with Crippen molar-refractivity contribution in [3.8, 4) is 0 Å². The van der Waals surface area contributed by atoms with Crippen molar-refractivity contribution in [2.75, 3.05) is 13.2 Å². The second-order valence-corrected chi connectivity index (χ2v) is 6.48. The molecule has 1 saturated carbocycles. The van der Waals surface area contributed by atoms with Gasteiger partial charge in [-0.15, -0.1) is 0 Å². The van der Waals surface area contributed by atoms with Gasteiger partial charge in [-0.05, 0) is 6.42 Å². The van der Waals surface area contributed by atoms with Crippen molar-refractivity contribution in [3.05, 3.63) is 0 Å². The molecule has 0 heterocycles. The Labute approximate surface area is 111 Å². The molecule has 0 radical (unpaired) electrons. The number of hydrogen-bond donors (Lipinski definition) is 2. The monoisotopic (exact) mass is 256 g/mol. The third kappa shape index (κ3) is 2.86. The lowest BCUT2D eigenvalue weighted by atomic mass is 9.48. The van der Waals surface area contributed by atoms with Gasteiger partial charge in [0.25, 0.3) is 0 Å². The van der Waals surface area contributed by atoms with Crippen LogP contribution in [0.1, 0.15) is 47.5 Å². The van der Waals surface area contributed by atoms with Gasteiger partial charge in [-0.2, -0.15) is 0 Å². The molecule has 4 nitrogen and oxygen atoms in total. The second kappa shape index (κ2) is 5.57. The molecule has 0 bridgehead atoms. The number of amides is 1. The van der Waals surface area contributed by atoms with Crippen LogP contribution in [0.15, 0.2) is 0 Å². The minimum absolute atomic E-state index is 0.0383. The third-order valence-electron chi connectivity index (χ3n) is 4.22. The van der Waals surface area contributed by atoms with Gasteiger partial charge in [-0.3, -0.25) is 4.79 Å². The van der Waals surface area contributed by atoms with E-state index >= 15 is 0 Å². The van der Waals surface area contributed by atoms with Gasteiger partial charge in [0.1, 0.15) is 0 Å². The highest BCUT2D eigenvalue weighted by Gasteiger charge is 2.60. The van der Waals surface area contributed by atoms with Gasteiger partial charge in [-0.25, -0.2) is 0 Å². The number of hydrogen-bond acceptors (Lipinski definition) is 3. The molecule has 0 spiro atoms. The summed E-state index contributed by atoms with van der Waals surface area (Å²) in [6.07, 6.45) is 1.41. The van der Waals surface area contributed by atoms with Gasteiger partial charge in [-0.1, -0.05) is 34.6 Å². The molecular formula is C14H28N2O2. The van der Waals surface area contributed by atoms with Gasteiger partial charge in [0.05, 0.1) is 6.61 Å². The van der Waals surface area contributed by atoms with Crippen molar-refractivity contribution in [3.63, 3.8) is 0 Å². The molecule has 1 aliphatic carbocycles. The lowest BCUT2D eigenvalue weighted by molar-refractivity contribution is -0.133. The molecule has 0 atom stereocenters. The summed E-state index contributed by atoms with van der Waals surface area (Å²) in [5, 5.41) is 3.11. The van der Waals surface area contributed by atoms with E-state index in [2.05, 4.69) is 39.9 Å². The van der Waals surface area contributed by atoms with E-state index < -0.39 is 0 Å².